The molecular weight excluding hydrogens is 286 g/mol. The molecule has 0 aliphatic heterocycles. The first kappa shape index (κ1) is 29.0. The van der Waals surface area contributed by atoms with Gasteiger partial charge < -0.3 is 9.11 Å². The van der Waals surface area contributed by atoms with E-state index in [1.165, 1.54) is 64.2 Å². The van der Waals surface area contributed by atoms with Gasteiger partial charge in [-0.15, -0.1) is 0 Å². The van der Waals surface area contributed by atoms with Gasteiger partial charge in [0.05, 0.1) is 0 Å². The Kier molecular flexibility index (Phi) is 33.8. The summed E-state index contributed by atoms with van der Waals surface area (Å²) in [5, 5.41) is 0. The molecule has 0 heterocycles. The third-order valence-corrected chi connectivity index (χ3v) is 2.46. The van der Waals surface area contributed by atoms with Gasteiger partial charge in [0.15, 0.2) is 0 Å². The predicted molar refractivity (Wildman–Crippen MR) is 68.0 cm³/mol. The summed E-state index contributed by atoms with van der Waals surface area (Å²) in [7, 11) is -5.17. The molecule has 0 bridgehead atoms. The second kappa shape index (κ2) is 22.2. The molecule has 0 fully saturated rings. The molecule has 0 saturated heterocycles. The molecule has 0 aliphatic rings. The fourth-order valence-electron chi connectivity index (χ4n) is 1.56. The molecule has 0 saturated carbocycles. The second-order valence-corrected chi connectivity index (χ2v) is 5.05. The number of hydrogen-bond acceptors (Lipinski definition) is 4. The van der Waals surface area contributed by atoms with E-state index in [9.17, 15) is 0 Å². The zero-order chi connectivity index (χ0) is 13.6. The van der Waals surface area contributed by atoms with Gasteiger partial charge in [0, 0.05) is 10.4 Å². The third kappa shape index (κ3) is 53.7. The van der Waals surface area contributed by atoms with Gasteiger partial charge in [0.2, 0.25) is 0 Å². The summed E-state index contributed by atoms with van der Waals surface area (Å²) in [6.45, 7) is 4.56. The van der Waals surface area contributed by atoms with Crippen molar-refractivity contribution in [2.24, 2.45) is 0 Å². The Morgan fingerprint density at radius 2 is 0.789 bits per heavy atom. The van der Waals surface area contributed by atoms with Crippen LogP contribution < -0.4 is 59.1 Å². The van der Waals surface area contributed by atoms with E-state index in [2.05, 4.69) is 13.8 Å². The molecule has 0 aromatic carbocycles. The molecule has 0 spiro atoms. The van der Waals surface area contributed by atoms with Crippen LogP contribution in [0.2, 0.25) is 0 Å². The summed E-state index contributed by atoms with van der Waals surface area (Å²) >= 11 is 0. The molecule has 0 rings (SSSR count). The molecular formula is C12H26Na2O4S. The van der Waals surface area contributed by atoms with Crippen molar-refractivity contribution in [3.63, 3.8) is 0 Å². The van der Waals surface area contributed by atoms with E-state index in [-0.39, 0.29) is 59.1 Å². The minimum Gasteiger partial charge on any atom is -0.759 e. The topological polar surface area (TPSA) is 80.3 Å². The largest absolute Gasteiger partial charge is 1.00 e. The minimum atomic E-state index is -5.17. The molecule has 0 atom stereocenters. The van der Waals surface area contributed by atoms with E-state index in [0.29, 0.717) is 0 Å². The number of unbranched alkanes of at least 4 members (excludes halogenated alkanes) is 9. The molecule has 0 N–H and O–H groups in total. The minimum absolute atomic E-state index is 0. The van der Waals surface area contributed by atoms with Gasteiger partial charge in [-0.3, -0.25) is 8.42 Å². The van der Waals surface area contributed by atoms with Gasteiger partial charge in [-0.05, 0) is 0 Å². The van der Waals surface area contributed by atoms with E-state index >= 15 is 0 Å². The Morgan fingerprint density at radius 1 is 0.632 bits per heavy atom. The molecule has 7 heteroatoms. The molecule has 0 unspecified atom stereocenters. The summed E-state index contributed by atoms with van der Waals surface area (Å²) in [6, 6.07) is 0. The second-order valence-electron chi connectivity index (χ2n) is 4.24. The Hall–Kier alpha value is 1.87. The van der Waals surface area contributed by atoms with Crippen molar-refractivity contribution in [2.45, 2.75) is 78.1 Å². The molecule has 0 radical (unpaired) electrons. The summed E-state index contributed by atoms with van der Waals surface area (Å²) in [6.07, 6.45) is 14.4. The van der Waals surface area contributed by atoms with Gasteiger partial charge >= 0.3 is 59.1 Å². The maximum atomic E-state index is 8.52. The monoisotopic (exact) mass is 312 g/mol. The van der Waals surface area contributed by atoms with Crippen LogP contribution in [0.4, 0.5) is 0 Å². The standard InChI is InChI=1S/C12H26.2Na.H2O4S/c1-3-5-7-9-11-12-10-8-6-4-2;;;1-5(2,3)4/h3-12H2,1-2H3;;;(H2,1,2,3,4)/q;2*+1;/p-2. The van der Waals surface area contributed by atoms with Crippen molar-refractivity contribution >= 4 is 10.4 Å². The van der Waals surface area contributed by atoms with Crippen LogP contribution in [0.25, 0.3) is 0 Å². The Balaban J connectivity index is -0.000000139. The van der Waals surface area contributed by atoms with Crippen LogP contribution in [-0.2, 0) is 10.4 Å². The average molecular weight is 312 g/mol. The van der Waals surface area contributed by atoms with Crippen molar-refractivity contribution in [2.75, 3.05) is 0 Å². The number of hydrogen-bond donors (Lipinski definition) is 0. The van der Waals surface area contributed by atoms with Crippen LogP contribution in [0.1, 0.15) is 78.1 Å². The molecule has 0 amide bonds. The van der Waals surface area contributed by atoms with Crippen LogP contribution in [0.5, 0.6) is 0 Å². The summed E-state index contributed by atoms with van der Waals surface area (Å²) in [5.74, 6) is 0. The molecule has 0 aromatic rings. The van der Waals surface area contributed by atoms with Crippen LogP contribution in [0.3, 0.4) is 0 Å². The Labute approximate surface area is 163 Å². The van der Waals surface area contributed by atoms with Crippen LogP contribution >= 0.6 is 0 Å². The van der Waals surface area contributed by atoms with E-state index in [0.717, 1.165) is 0 Å². The van der Waals surface area contributed by atoms with E-state index in [1.807, 2.05) is 0 Å². The predicted octanol–water partition coefficient (Wildman–Crippen LogP) is -2.40. The van der Waals surface area contributed by atoms with Crippen LogP contribution in [0, 0.1) is 0 Å². The van der Waals surface area contributed by atoms with Gasteiger partial charge in [0.25, 0.3) is 0 Å². The molecule has 0 aliphatic carbocycles. The SMILES string of the molecule is CCCCCCCCCCCC.O=S(=O)([O-])[O-].[Na+].[Na+]. The van der Waals surface area contributed by atoms with Crippen molar-refractivity contribution in [1.29, 1.82) is 0 Å². The average Bonchev–Trinajstić information content (AvgIpc) is 2.20. The summed E-state index contributed by atoms with van der Waals surface area (Å²) in [5.41, 5.74) is 0. The van der Waals surface area contributed by atoms with Gasteiger partial charge in [-0.1, -0.05) is 78.1 Å². The first-order valence-electron chi connectivity index (χ1n) is 6.58. The zero-order valence-corrected chi connectivity index (χ0v) is 17.9. The van der Waals surface area contributed by atoms with Gasteiger partial charge in [-0.2, -0.15) is 0 Å². The number of rotatable bonds is 9. The van der Waals surface area contributed by atoms with Crippen LogP contribution in [0.15, 0.2) is 0 Å². The Bertz CT molecular complexity index is 216. The molecule has 4 nitrogen and oxygen atoms in total. The fourth-order valence-corrected chi connectivity index (χ4v) is 1.56. The van der Waals surface area contributed by atoms with Crippen molar-refractivity contribution in [1.82, 2.24) is 0 Å². The van der Waals surface area contributed by atoms with Gasteiger partial charge in [0.1, 0.15) is 0 Å². The third-order valence-electron chi connectivity index (χ3n) is 2.46. The smallest absolute Gasteiger partial charge is 0.759 e. The molecule has 106 valence electrons. The summed E-state index contributed by atoms with van der Waals surface area (Å²) in [4.78, 5) is 0. The maximum absolute atomic E-state index is 8.52. The normalized spacial score (nSPS) is 9.68. The summed E-state index contributed by atoms with van der Waals surface area (Å²) < 4.78 is 34.1. The molecule has 19 heavy (non-hydrogen) atoms. The zero-order valence-electron chi connectivity index (χ0n) is 13.1. The quantitative estimate of drug-likeness (QED) is 0.206. The van der Waals surface area contributed by atoms with E-state index in [1.54, 1.807) is 0 Å². The van der Waals surface area contributed by atoms with Gasteiger partial charge in [-0.25, -0.2) is 0 Å². The maximum Gasteiger partial charge on any atom is 1.00 e. The fraction of sp³-hybridized carbons (Fsp3) is 1.00. The molecule has 0 aromatic heterocycles. The van der Waals surface area contributed by atoms with Crippen molar-refractivity contribution < 1.29 is 76.6 Å². The first-order valence-corrected chi connectivity index (χ1v) is 7.91. The van der Waals surface area contributed by atoms with Crippen molar-refractivity contribution in [3.05, 3.63) is 0 Å². The van der Waals surface area contributed by atoms with Crippen molar-refractivity contribution in [3.8, 4) is 0 Å². The van der Waals surface area contributed by atoms with E-state index in [4.69, 9.17) is 17.5 Å². The van der Waals surface area contributed by atoms with Crippen LogP contribution in [-0.4, -0.2) is 17.5 Å². The first-order chi connectivity index (χ1) is 7.91. The Morgan fingerprint density at radius 3 is 0.947 bits per heavy atom. The van der Waals surface area contributed by atoms with E-state index < -0.39 is 10.4 Å².